The number of rotatable bonds is 2. The number of nitrogens with one attached hydrogen (secondary N) is 2. The summed E-state index contributed by atoms with van der Waals surface area (Å²) in [7, 11) is 0. The molecule has 13 heavy (non-hydrogen) atoms. The fourth-order valence-corrected chi connectivity index (χ4v) is 1.16. The Morgan fingerprint density at radius 3 is 2.62 bits per heavy atom. The molecule has 0 aliphatic carbocycles. The zero-order valence-corrected chi connectivity index (χ0v) is 7.41. The largest absolute Gasteiger partial charge is 0.353 e. The first-order chi connectivity index (χ1) is 6.36. The Bertz CT molecular complexity index is 378. The van der Waals surface area contributed by atoms with E-state index in [2.05, 4.69) is 15.5 Å². The maximum atomic E-state index is 4.03. The van der Waals surface area contributed by atoms with Crippen LogP contribution in [0.25, 0.3) is 0 Å². The number of aryl methyl sites for hydroxylation is 1. The van der Waals surface area contributed by atoms with Crippen molar-refractivity contribution in [2.24, 2.45) is 0 Å². The molecule has 0 aliphatic heterocycles. The van der Waals surface area contributed by atoms with Crippen molar-refractivity contribution in [3.8, 4) is 0 Å². The maximum Gasteiger partial charge on any atom is 0.0826 e. The quantitative estimate of drug-likeness (QED) is 0.732. The fraction of sp³-hybridized carbons (Fsp3) is 0.100. The normalized spacial score (nSPS) is 9.92. The minimum Gasteiger partial charge on any atom is -0.353 e. The van der Waals surface area contributed by atoms with Crippen LogP contribution in [-0.4, -0.2) is 10.2 Å². The molecule has 66 valence electrons. The number of nitrogens with zero attached hydrogens (tertiary/aromatic N) is 1. The van der Waals surface area contributed by atoms with Gasteiger partial charge in [0.1, 0.15) is 0 Å². The summed E-state index contributed by atoms with van der Waals surface area (Å²) in [6.07, 6.45) is 1.85. The highest BCUT2D eigenvalue weighted by Crippen LogP contribution is 2.16. The first-order valence-electron chi connectivity index (χ1n) is 4.19. The fourth-order valence-electron chi connectivity index (χ4n) is 1.16. The maximum absolute atomic E-state index is 4.03. The summed E-state index contributed by atoms with van der Waals surface area (Å²) < 4.78 is 0. The number of aromatic amines is 1. The van der Waals surface area contributed by atoms with Crippen LogP contribution in [0.3, 0.4) is 0 Å². The van der Waals surface area contributed by atoms with Gasteiger partial charge in [0, 0.05) is 11.9 Å². The standard InChI is InChI=1S/C10H11N3/c1-8-10(7-11-13-8)12-9-5-3-2-4-6-9/h2-7,12H,1H3,(H,11,13). The molecule has 0 saturated carbocycles. The Morgan fingerprint density at radius 1 is 1.23 bits per heavy atom. The summed E-state index contributed by atoms with van der Waals surface area (Å²) in [6.45, 7) is 1.96. The smallest absolute Gasteiger partial charge is 0.0826 e. The third-order valence-electron chi connectivity index (χ3n) is 1.88. The van der Waals surface area contributed by atoms with E-state index < -0.39 is 0 Å². The Balaban J connectivity index is 2.20. The second kappa shape index (κ2) is 3.31. The van der Waals surface area contributed by atoms with Crippen molar-refractivity contribution in [3.63, 3.8) is 0 Å². The van der Waals surface area contributed by atoms with E-state index in [0.29, 0.717) is 0 Å². The van der Waals surface area contributed by atoms with Crippen LogP contribution in [-0.2, 0) is 0 Å². The molecule has 0 radical (unpaired) electrons. The molecule has 0 amide bonds. The molecule has 0 aliphatic rings. The predicted octanol–water partition coefficient (Wildman–Crippen LogP) is 2.46. The molecule has 1 aromatic heterocycles. The van der Waals surface area contributed by atoms with Crippen LogP contribution in [0, 0.1) is 6.92 Å². The van der Waals surface area contributed by atoms with Gasteiger partial charge < -0.3 is 5.32 Å². The molecule has 1 aromatic carbocycles. The molecule has 0 bridgehead atoms. The van der Waals surface area contributed by atoms with E-state index in [1.54, 1.807) is 0 Å². The molecule has 2 rings (SSSR count). The number of para-hydroxylation sites is 1. The molecule has 0 atom stereocenters. The van der Waals surface area contributed by atoms with Crippen LogP contribution >= 0.6 is 0 Å². The van der Waals surface area contributed by atoms with Crippen molar-refractivity contribution in [1.82, 2.24) is 10.2 Å². The van der Waals surface area contributed by atoms with Gasteiger partial charge in [-0.15, -0.1) is 0 Å². The van der Waals surface area contributed by atoms with Crippen LogP contribution in [0.1, 0.15) is 5.69 Å². The van der Waals surface area contributed by atoms with Crippen LogP contribution in [0.4, 0.5) is 11.4 Å². The highest BCUT2D eigenvalue weighted by Gasteiger charge is 1.98. The van der Waals surface area contributed by atoms with E-state index in [-0.39, 0.29) is 0 Å². The van der Waals surface area contributed by atoms with E-state index in [4.69, 9.17) is 0 Å². The average Bonchev–Trinajstić information content (AvgIpc) is 2.54. The summed E-state index contributed by atoms with van der Waals surface area (Å²) >= 11 is 0. The summed E-state index contributed by atoms with van der Waals surface area (Å²) in [5.41, 5.74) is 3.07. The van der Waals surface area contributed by atoms with E-state index in [0.717, 1.165) is 17.1 Å². The van der Waals surface area contributed by atoms with Gasteiger partial charge in [-0.1, -0.05) is 18.2 Å². The summed E-state index contributed by atoms with van der Waals surface area (Å²) in [4.78, 5) is 0. The van der Waals surface area contributed by atoms with Gasteiger partial charge >= 0.3 is 0 Å². The van der Waals surface area contributed by atoms with Crippen molar-refractivity contribution >= 4 is 11.4 Å². The van der Waals surface area contributed by atoms with Crippen molar-refractivity contribution in [2.45, 2.75) is 6.92 Å². The molecule has 0 saturated heterocycles. The Hall–Kier alpha value is -1.77. The van der Waals surface area contributed by atoms with E-state index in [9.17, 15) is 0 Å². The number of hydrogen-bond donors (Lipinski definition) is 2. The first kappa shape index (κ1) is 7.86. The summed E-state index contributed by atoms with van der Waals surface area (Å²) in [6, 6.07) is 10.0. The van der Waals surface area contributed by atoms with Crippen LogP contribution in [0.2, 0.25) is 0 Å². The van der Waals surface area contributed by atoms with Gasteiger partial charge in [-0.25, -0.2) is 0 Å². The minimum atomic E-state index is 0.976. The zero-order chi connectivity index (χ0) is 9.10. The van der Waals surface area contributed by atoms with Crippen LogP contribution in [0.5, 0.6) is 0 Å². The monoisotopic (exact) mass is 173 g/mol. The predicted molar refractivity (Wildman–Crippen MR) is 53.0 cm³/mol. The molecular formula is C10H11N3. The second-order valence-corrected chi connectivity index (χ2v) is 2.88. The van der Waals surface area contributed by atoms with Crippen molar-refractivity contribution in [2.75, 3.05) is 5.32 Å². The van der Waals surface area contributed by atoms with Gasteiger partial charge in [0.05, 0.1) is 11.4 Å². The summed E-state index contributed by atoms with van der Waals surface area (Å²) in [5.74, 6) is 0. The molecule has 0 fully saturated rings. The number of aromatic nitrogens is 2. The molecule has 0 spiro atoms. The second-order valence-electron chi connectivity index (χ2n) is 2.88. The van der Waals surface area contributed by atoms with Crippen LogP contribution < -0.4 is 5.32 Å². The lowest BCUT2D eigenvalue weighted by atomic mass is 10.3. The zero-order valence-electron chi connectivity index (χ0n) is 7.41. The molecule has 0 unspecified atom stereocenters. The Morgan fingerprint density at radius 2 is 2.00 bits per heavy atom. The highest BCUT2D eigenvalue weighted by atomic mass is 15.1. The number of anilines is 2. The number of H-pyrrole nitrogens is 1. The van der Waals surface area contributed by atoms with Crippen LogP contribution in [0.15, 0.2) is 36.5 Å². The molecule has 3 nitrogen and oxygen atoms in total. The summed E-state index contributed by atoms with van der Waals surface area (Å²) in [5, 5.41) is 10.1. The van der Waals surface area contributed by atoms with E-state index >= 15 is 0 Å². The number of hydrogen-bond acceptors (Lipinski definition) is 2. The third kappa shape index (κ3) is 1.69. The lowest BCUT2D eigenvalue weighted by Crippen LogP contribution is -1.89. The molecule has 2 N–H and O–H groups in total. The van der Waals surface area contributed by atoms with Gasteiger partial charge in [-0.2, -0.15) is 5.10 Å². The average molecular weight is 173 g/mol. The van der Waals surface area contributed by atoms with E-state index in [1.807, 2.05) is 43.5 Å². The van der Waals surface area contributed by atoms with Crippen molar-refractivity contribution in [3.05, 3.63) is 42.2 Å². The third-order valence-corrected chi connectivity index (χ3v) is 1.88. The number of benzene rings is 1. The van der Waals surface area contributed by atoms with Gasteiger partial charge in [-0.3, -0.25) is 5.10 Å². The van der Waals surface area contributed by atoms with Crippen molar-refractivity contribution < 1.29 is 0 Å². The van der Waals surface area contributed by atoms with Gasteiger partial charge in [0.25, 0.3) is 0 Å². The lowest BCUT2D eigenvalue weighted by molar-refractivity contribution is 1.05. The van der Waals surface area contributed by atoms with E-state index in [1.165, 1.54) is 0 Å². The minimum absolute atomic E-state index is 0.976. The Kier molecular flexibility index (Phi) is 2.00. The van der Waals surface area contributed by atoms with Gasteiger partial charge in [0.2, 0.25) is 0 Å². The topological polar surface area (TPSA) is 40.7 Å². The molecule has 2 aromatic rings. The molecule has 3 heteroatoms. The SMILES string of the molecule is Cc1n[nH]cc1Nc1ccccc1. The van der Waals surface area contributed by atoms with Gasteiger partial charge in [0.15, 0.2) is 0 Å². The Labute approximate surface area is 76.8 Å². The molecule has 1 heterocycles. The highest BCUT2D eigenvalue weighted by molar-refractivity contribution is 5.60. The van der Waals surface area contributed by atoms with Crippen molar-refractivity contribution in [1.29, 1.82) is 0 Å². The lowest BCUT2D eigenvalue weighted by Gasteiger charge is -2.02. The first-order valence-corrected chi connectivity index (χ1v) is 4.19. The molecular weight excluding hydrogens is 162 g/mol. The van der Waals surface area contributed by atoms with Gasteiger partial charge in [-0.05, 0) is 19.1 Å².